The van der Waals surface area contributed by atoms with Gasteiger partial charge in [-0.15, -0.1) is 10.2 Å². The van der Waals surface area contributed by atoms with Crippen molar-refractivity contribution in [3.8, 4) is 0 Å². The van der Waals surface area contributed by atoms with Gasteiger partial charge < -0.3 is 4.42 Å². The van der Waals surface area contributed by atoms with Crippen molar-refractivity contribution in [3.05, 3.63) is 70.7 Å². The van der Waals surface area contributed by atoms with Gasteiger partial charge in [0.1, 0.15) is 6.54 Å². The SMILES string of the molecule is CN(C(=O)Cn1c(=O)oc2ccccc21)c1nnc(SCc2ccccc2)s1. The lowest BCUT2D eigenvalue weighted by Gasteiger charge is -2.12. The number of fused-ring (bicyclic) bond motifs is 1. The molecule has 2 heterocycles. The number of aromatic nitrogens is 3. The van der Waals surface area contributed by atoms with E-state index in [0.29, 0.717) is 16.2 Å². The second-order valence-corrected chi connectivity index (χ2v) is 8.18. The van der Waals surface area contributed by atoms with Crippen molar-refractivity contribution in [3.63, 3.8) is 0 Å². The summed E-state index contributed by atoms with van der Waals surface area (Å²) in [5, 5.41) is 8.74. The Hall–Kier alpha value is -2.91. The molecule has 0 radical (unpaired) electrons. The van der Waals surface area contributed by atoms with Crippen LogP contribution in [0.15, 0.2) is 68.1 Å². The number of oxazole rings is 1. The number of thioether (sulfide) groups is 1. The summed E-state index contributed by atoms with van der Waals surface area (Å²) >= 11 is 2.91. The number of benzene rings is 2. The molecule has 0 saturated heterocycles. The Bertz CT molecular complexity index is 1170. The standard InChI is InChI=1S/C19H16N4O3S2/c1-22(16(24)11-23-14-9-5-6-10-15(14)26-19(23)25)17-20-21-18(28-17)27-12-13-7-3-2-4-8-13/h2-10H,11-12H2,1H3. The Morgan fingerprint density at radius 3 is 2.71 bits per heavy atom. The van der Waals surface area contributed by atoms with E-state index in [2.05, 4.69) is 22.3 Å². The molecule has 0 aliphatic heterocycles. The predicted octanol–water partition coefficient (Wildman–Crippen LogP) is 3.40. The van der Waals surface area contributed by atoms with Crippen LogP contribution in [0, 0.1) is 0 Å². The third-order valence-electron chi connectivity index (χ3n) is 4.13. The Labute approximate surface area is 168 Å². The molecule has 0 fully saturated rings. The molecule has 7 nitrogen and oxygen atoms in total. The van der Waals surface area contributed by atoms with Crippen LogP contribution in [0.4, 0.5) is 5.13 Å². The first-order chi connectivity index (χ1) is 13.6. The quantitative estimate of drug-likeness (QED) is 0.357. The van der Waals surface area contributed by atoms with Crippen LogP contribution in [-0.2, 0) is 17.1 Å². The summed E-state index contributed by atoms with van der Waals surface area (Å²) in [5.74, 6) is -0.0486. The molecule has 0 saturated carbocycles. The molecule has 0 atom stereocenters. The number of hydrogen-bond donors (Lipinski definition) is 0. The molecule has 0 spiro atoms. The number of amides is 1. The molecule has 0 aliphatic carbocycles. The lowest BCUT2D eigenvalue weighted by molar-refractivity contribution is -0.118. The largest absolute Gasteiger partial charge is 0.420 e. The number of likely N-dealkylation sites (N-methyl/N-ethyl adjacent to an activating group) is 1. The number of rotatable bonds is 6. The van der Waals surface area contributed by atoms with Crippen molar-refractivity contribution in [1.29, 1.82) is 0 Å². The Morgan fingerprint density at radius 2 is 1.89 bits per heavy atom. The van der Waals surface area contributed by atoms with Gasteiger partial charge in [-0.25, -0.2) is 4.79 Å². The fraction of sp³-hybridized carbons (Fsp3) is 0.158. The lowest BCUT2D eigenvalue weighted by atomic mass is 10.2. The van der Waals surface area contributed by atoms with Gasteiger partial charge in [-0.05, 0) is 17.7 Å². The molecular formula is C19H16N4O3S2. The third kappa shape index (κ3) is 3.85. The summed E-state index contributed by atoms with van der Waals surface area (Å²) < 4.78 is 7.27. The maximum absolute atomic E-state index is 12.7. The molecular weight excluding hydrogens is 396 g/mol. The molecule has 4 rings (SSSR count). The van der Waals surface area contributed by atoms with Gasteiger partial charge in [0.05, 0.1) is 5.52 Å². The van der Waals surface area contributed by atoms with Gasteiger partial charge >= 0.3 is 5.76 Å². The number of carbonyl (C=O) groups is 1. The predicted molar refractivity (Wildman–Crippen MR) is 110 cm³/mol. The Morgan fingerprint density at radius 1 is 1.14 bits per heavy atom. The first-order valence-electron chi connectivity index (χ1n) is 8.47. The molecule has 28 heavy (non-hydrogen) atoms. The minimum atomic E-state index is -0.556. The zero-order valence-electron chi connectivity index (χ0n) is 14.9. The van der Waals surface area contributed by atoms with Crippen molar-refractivity contribution in [2.75, 3.05) is 11.9 Å². The normalized spacial score (nSPS) is 11.0. The molecule has 0 bridgehead atoms. The van der Waals surface area contributed by atoms with Gasteiger partial charge in [0.2, 0.25) is 11.0 Å². The van der Waals surface area contributed by atoms with Crippen LogP contribution in [0.2, 0.25) is 0 Å². The fourth-order valence-electron chi connectivity index (χ4n) is 2.63. The van der Waals surface area contributed by atoms with Crippen LogP contribution in [0.5, 0.6) is 0 Å². The number of carbonyl (C=O) groups excluding carboxylic acids is 1. The topological polar surface area (TPSA) is 81.2 Å². The van der Waals surface area contributed by atoms with Gasteiger partial charge in [0.15, 0.2) is 9.92 Å². The Kier molecular flexibility index (Phi) is 5.27. The van der Waals surface area contributed by atoms with Gasteiger partial charge in [0.25, 0.3) is 0 Å². The van der Waals surface area contributed by atoms with E-state index in [1.54, 1.807) is 43.1 Å². The minimum Gasteiger partial charge on any atom is -0.408 e. The second kappa shape index (κ2) is 7.99. The molecule has 0 aliphatic rings. The highest BCUT2D eigenvalue weighted by Crippen LogP contribution is 2.30. The lowest BCUT2D eigenvalue weighted by Crippen LogP contribution is -2.32. The zero-order valence-corrected chi connectivity index (χ0v) is 16.6. The first-order valence-corrected chi connectivity index (χ1v) is 10.3. The Balaban J connectivity index is 1.45. The molecule has 0 N–H and O–H groups in total. The van der Waals surface area contributed by atoms with Crippen LogP contribution < -0.4 is 10.7 Å². The molecule has 2 aromatic carbocycles. The highest BCUT2D eigenvalue weighted by molar-refractivity contribution is 8.00. The van der Waals surface area contributed by atoms with Crippen molar-refractivity contribution < 1.29 is 9.21 Å². The van der Waals surface area contributed by atoms with E-state index in [1.807, 2.05) is 18.2 Å². The number of anilines is 1. The molecule has 9 heteroatoms. The van der Waals surface area contributed by atoms with E-state index in [0.717, 1.165) is 10.1 Å². The van der Waals surface area contributed by atoms with E-state index < -0.39 is 5.76 Å². The van der Waals surface area contributed by atoms with Gasteiger partial charge in [-0.2, -0.15) is 0 Å². The smallest absolute Gasteiger partial charge is 0.408 e. The van der Waals surface area contributed by atoms with E-state index >= 15 is 0 Å². The summed E-state index contributed by atoms with van der Waals surface area (Å²) in [4.78, 5) is 26.1. The van der Waals surface area contributed by atoms with Crippen molar-refractivity contribution in [1.82, 2.24) is 14.8 Å². The van der Waals surface area contributed by atoms with Gasteiger partial charge in [-0.1, -0.05) is 65.6 Å². The maximum atomic E-state index is 12.7. The average molecular weight is 412 g/mol. The van der Waals surface area contributed by atoms with Gasteiger partial charge in [-0.3, -0.25) is 14.3 Å². The first kappa shape index (κ1) is 18.5. The minimum absolute atomic E-state index is 0.127. The van der Waals surface area contributed by atoms with Crippen molar-refractivity contribution in [2.45, 2.75) is 16.6 Å². The summed E-state index contributed by atoms with van der Waals surface area (Å²) in [6.45, 7) is -0.127. The van der Waals surface area contributed by atoms with Crippen LogP contribution >= 0.6 is 23.1 Å². The van der Waals surface area contributed by atoms with Crippen molar-refractivity contribution in [2.24, 2.45) is 0 Å². The summed E-state index contributed by atoms with van der Waals surface area (Å²) in [7, 11) is 1.63. The zero-order chi connectivity index (χ0) is 19.5. The van der Waals surface area contributed by atoms with E-state index in [4.69, 9.17) is 4.42 Å². The van der Waals surface area contributed by atoms with Crippen LogP contribution in [0.3, 0.4) is 0 Å². The van der Waals surface area contributed by atoms with Crippen LogP contribution in [-0.4, -0.2) is 27.7 Å². The summed E-state index contributed by atoms with van der Waals surface area (Å²) in [5.41, 5.74) is 2.24. The van der Waals surface area contributed by atoms with Gasteiger partial charge in [0, 0.05) is 12.8 Å². The summed E-state index contributed by atoms with van der Waals surface area (Å²) in [6, 6.07) is 17.1. The number of hydrogen-bond acceptors (Lipinski definition) is 7. The van der Waals surface area contributed by atoms with Crippen LogP contribution in [0.1, 0.15) is 5.56 Å². The highest BCUT2D eigenvalue weighted by Gasteiger charge is 2.19. The molecule has 2 aromatic heterocycles. The highest BCUT2D eigenvalue weighted by atomic mass is 32.2. The molecule has 1 amide bonds. The summed E-state index contributed by atoms with van der Waals surface area (Å²) in [6.07, 6.45) is 0. The monoisotopic (exact) mass is 412 g/mol. The maximum Gasteiger partial charge on any atom is 0.420 e. The average Bonchev–Trinajstić information content (AvgIpc) is 3.31. The third-order valence-corrected chi connectivity index (χ3v) is 6.33. The molecule has 142 valence electrons. The van der Waals surface area contributed by atoms with E-state index in [1.165, 1.54) is 26.4 Å². The van der Waals surface area contributed by atoms with E-state index in [9.17, 15) is 9.59 Å². The van der Waals surface area contributed by atoms with Crippen LogP contribution in [0.25, 0.3) is 11.1 Å². The van der Waals surface area contributed by atoms with Crippen molar-refractivity contribution >= 4 is 45.2 Å². The second-order valence-electron chi connectivity index (χ2n) is 6.00. The number of para-hydroxylation sites is 2. The number of nitrogens with zero attached hydrogens (tertiary/aromatic N) is 4. The molecule has 0 unspecified atom stereocenters. The molecule has 4 aromatic rings. The fourth-order valence-corrected chi connectivity index (χ4v) is 4.40. The van der Waals surface area contributed by atoms with E-state index in [-0.39, 0.29) is 12.5 Å².